The summed E-state index contributed by atoms with van der Waals surface area (Å²) in [6, 6.07) is -0.451. The third-order valence-electron chi connectivity index (χ3n) is 4.60. The van der Waals surface area contributed by atoms with Crippen LogP contribution in [0.25, 0.3) is 0 Å². The molecule has 2 saturated carbocycles. The third-order valence-corrected chi connectivity index (χ3v) is 7.61. The highest BCUT2D eigenvalue weighted by Crippen LogP contribution is 2.47. The zero-order valence-corrected chi connectivity index (χ0v) is 14.9. The molecule has 0 aromatic carbocycles. The van der Waals surface area contributed by atoms with Gasteiger partial charge in [0.1, 0.15) is 0 Å². The topological polar surface area (TPSA) is 139 Å². The van der Waals surface area contributed by atoms with E-state index in [2.05, 4.69) is 14.1 Å². The van der Waals surface area contributed by atoms with Crippen molar-refractivity contribution in [3.63, 3.8) is 0 Å². The zero-order valence-electron chi connectivity index (χ0n) is 12.5. The van der Waals surface area contributed by atoms with Gasteiger partial charge in [0, 0.05) is 23.3 Å². The summed E-state index contributed by atoms with van der Waals surface area (Å²) in [4.78, 5) is 0. The molecule has 0 saturated heterocycles. The van der Waals surface area contributed by atoms with E-state index in [0.29, 0.717) is 25.7 Å². The molecule has 12 heteroatoms. The molecule has 0 aliphatic heterocycles. The van der Waals surface area contributed by atoms with Crippen LogP contribution in [0.3, 0.4) is 0 Å². The predicted molar refractivity (Wildman–Crippen MR) is 83.3 cm³/mol. The number of nitrogens with one attached hydrogen (secondary N) is 1. The van der Waals surface area contributed by atoms with Crippen molar-refractivity contribution in [2.24, 2.45) is 11.8 Å². The highest BCUT2D eigenvalue weighted by Gasteiger charge is 2.50. The van der Waals surface area contributed by atoms with Crippen LogP contribution in [0.4, 0.5) is 0 Å². The molecule has 2 aliphatic carbocycles. The van der Waals surface area contributed by atoms with E-state index < -0.39 is 31.4 Å². The predicted octanol–water partition coefficient (Wildman–Crippen LogP) is 0.809. The summed E-state index contributed by atoms with van der Waals surface area (Å²) in [5.41, 5.74) is 0. The van der Waals surface area contributed by atoms with Gasteiger partial charge in [0.15, 0.2) is 0 Å². The summed E-state index contributed by atoms with van der Waals surface area (Å²) in [6.45, 7) is 0. The van der Waals surface area contributed by atoms with E-state index in [0.717, 1.165) is 18.3 Å². The Bertz CT molecular complexity index is 607. The van der Waals surface area contributed by atoms with Gasteiger partial charge in [0.25, 0.3) is 10.1 Å². The van der Waals surface area contributed by atoms with Crippen LogP contribution in [0.15, 0.2) is 0 Å². The number of fused-ring (bicyclic) bond motifs is 1. The number of hydrogen-bond acceptors (Lipinski definition) is 8. The minimum atomic E-state index is -4.22. The first-order valence-electron chi connectivity index (χ1n) is 7.20. The monoisotopic (exact) mass is 391 g/mol. The van der Waals surface area contributed by atoms with E-state index in [1.165, 1.54) is 0 Å². The zero-order chi connectivity index (χ0) is 17.3. The second-order valence-electron chi connectivity index (χ2n) is 6.08. The molecule has 136 valence electrons. The molecule has 0 aromatic heterocycles. The van der Waals surface area contributed by atoms with Crippen LogP contribution in [-0.2, 0) is 29.5 Å². The van der Waals surface area contributed by atoms with Crippen LogP contribution < -0.4 is 4.72 Å². The van der Waals surface area contributed by atoms with Crippen molar-refractivity contribution in [3.05, 3.63) is 0 Å². The van der Waals surface area contributed by atoms with E-state index in [4.69, 9.17) is 5.26 Å². The van der Waals surface area contributed by atoms with E-state index in [-0.39, 0.29) is 23.5 Å². The molecule has 0 bridgehead atoms. The van der Waals surface area contributed by atoms with Gasteiger partial charge in [-0.25, -0.2) is 18.4 Å². The first kappa shape index (κ1) is 19.4. The van der Waals surface area contributed by atoms with Crippen LogP contribution in [0, 0.1) is 11.8 Å². The molecule has 0 aromatic rings. The van der Waals surface area contributed by atoms with Gasteiger partial charge in [-0.05, 0) is 37.5 Å². The summed E-state index contributed by atoms with van der Waals surface area (Å²) < 4.78 is 63.1. The van der Waals surface area contributed by atoms with Gasteiger partial charge in [-0.1, -0.05) is 11.5 Å². The first-order chi connectivity index (χ1) is 10.6. The number of sulfonamides is 1. The lowest BCUT2D eigenvalue weighted by molar-refractivity contribution is -0.432. The normalized spacial score (nSPS) is 35.7. The fourth-order valence-corrected chi connectivity index (χ4v) is 6.86. The highest BCUT2D eigenvalue weighted by atomic mass is 32.2. The molecule has 0 amide bonds. The van der Waals surface area contributed by atoms with Crippen molar-refractivity contribution >= 4 is 32.2 Å². The van der Waals surface area contributed by atoms with Crippen LogP contribution in [0.1, 0.15) is 32.1 Å². The molecule has 2 aliphatic rings. The molecule has 0 heterocycles. The molecular weight excluding hydrogens is 370 g/mol. The second-order valence-corrected chi connectivity index (χ2v) is 10.4. The smallest absolute Gasteiger partial charge is 0.268 e. The Morgan fingerprint density at radius 1 is 1.13 bits per heavy atom. The van der Waals surface area contributed by atoms with E-state index in [1.54, 1.807) is 0 Å². The Hall–Kier alpha value is 0.0500. The van der Waals surface area contributed by atoms with Gasteiger partial charge < -0.3 is 0 Å². The molecule has 2 fully saturated rings. The first-order valence-corrected chi connectivity index (χ1v) is 11.4. The lowest BCUT2D eigenvalue weighted by atomic mass is 9.68. The average molecular weight is 391 g/mol. The minimum Gasteiger partial charge on any atom is -0.285 e. The molecule has 5 unspecified atom stereocenters. The number of hydrogen-bond donors (Lipinski definition) is 3. The van der Waals surface area contributed by atoms with E-state index >= 15 is 0 Å². The Morgan fingerprint density at radius 3 is 2.39 bits per heavy atom. The quantitative estimate of drug-likeness (QED) is 0.260. The Kier molecular flexibility index (Phi) is 6.33. The van der Waals surface area contributed by atoms with Crippen LogP contribution in [0.5, 0.6) is 0 Å². The van der Waals surface area contributed by atoms with Crippen molar-refractivity contribution in [1.29, 1.82) is 0 Å². The van der Waals surface area contributed by atoms with Crippen molar-refractivity contribution in [1.82, 2.24) is 4.72 Å². The largest absolute Gasteiger partial charge is 0.285 e. The third kappa shape index (κ3) is 5.01. The molecule has 5 atom stereocenters. The molecule has 2 rings (SSSR count). The van der Waals surface area contributed by atoms with Crippen LogP contribution in [0.2, 0.25) is 0 Å². The molecule has 0 spiro atoms. The van der Waals surface area contributed by atoms with Crippen LogP contribution in [-0.4, -0.2) is 49.4 Å². The van der Waals surface area contributed by atoms with Crippen LogP contribution >= 0.6 is 12.0 Å². The Labute approximate surface area is 140 Å². The minimum absolute atomic E-state index is 0.196. The van der Waals surface area contributed by atoms with Crippen molar-refractivity contribution in [3.8, 4) is 0 Å². The van der Waals surface area contributed by atoms with Gasteiger partial charge in [-0.15, -0.1) is 4.33 Å². The summed E-state index contributed by atoms with van der Waals surface area (Å²) in [6.07, 6.45) is 3.50. The number of rotatable bonds is 6. The standard InChI is InChI=1S/C11H21NO8S3/c1-22(14,15)12-8-5-6-10(23(16,17)18)7-3-2-4-9(11(7)8)21-20-19-13/h7-13H,2-6H2,1H3,(H,16,17,18). The fraction of sp³-hybridized carbons (Fsp3) is 1.00. The molecule has 9 nitrogen and oxygen atoms in total. The Balaban J connectivity index is 2.29. The van der Waals surface area contributed by atoms with Crippen molar-refractivity contribution in [2.45, 2.75) is 48.6 Å². The maximum absolute atomic E-state index is 11.7. The fourth-order valence-electron chi connectivity index (χ4n) is 3.92. The maximum Gasteiger partial charge on any atom is 0.268 e. The van der Waals surface area contributed by atoms with Gasteiger partial charge >= 0.3 is 0 Å². The second kappa shape index (κ2) is 7.52. The SMILES string of the molecule is CS(=O)(=O)NC1CCC(S(=O)(=O)O)C2CCCC(SOOO)C12. The molecule has 3 N–H and O–H groups in total. The maximum atomic E-state index is 11.7. The van der Waals surface area contributed by atoms with Gasteiger partial charge in [-0.3, -0.25) is 4.55 Å². The van der Waals surface area contributed by atoms with Gasteiger partial charge in [0.05, 0.1) is 11.5 Å². The lowest BCUT2D eigenvalue weighted by Gasteiger charge is -2.47. The molecular formula is C11H21NO8S3. The summed E-state index contributed by atoms with van der Waals surface area (Å²) in [5.74, 6) is -0.731. The van der Waals surface area contributed by atoms with Gasteiger partial charge in [-0.2, -0.15) is 8.42 Å². The summed E-state index contributed by atoms with van der Waals surface area (Å²) >= 11 is 0.842. The molecule has 0 radical (unpaired) electrons. The summed E-state index contributed by atoms with van der Waals surface area (Å²) in [7, 11) is -7.68. The van der Waals surface area contributed by atoms with Crippen molar-refractivity contribution < 1.29 is 36.0 Å². The van der Waals surface area contributed by atoms with Gasteiger partial charge in [0.2, 0.25) is 10.0 Å². The van der Waals surface area contributed by atoms with Crippen molar-refractivity contribution in [2.75, 3.05) is 6.26 Å². The summed E-state index contributed by atoms with van der Waals surface area (Å²) in [5, 5.41) is 10.8. The van der Waals surface area contributed by atoms with E-state index in [1.807, 2.05) is 0 Å². The average Bonchev–Trinajstić information content (AvgIpc) is 2.42. The molecule has 23 heavy (non-hydrogen) atoms. The lowest BCUT2D eigenvalue weighted by Crippen LogP contribution is -2.55. The van der Waals surface area contributed by atoms with E-state index in [9.17, 15) is 21.4 Å². The highest BCUT2D eigenvalue weighted by molar-refractivity contribution is 7.95. The Morgan fingerprint density at radius 2 is 1.83 bits per heavy atom.